The summed E-state index contributed by atoms with van der Waals surface area (Å²) in [6.07, 6.45) is 0.170. The minimum absolute atomic E-state index is 0.125. The van der Waals surface area contributed by atoms with Crippen molar-refractivity contribution < 1.29 is 9.90 Å². The SMILES string of the molecule is O=C(O)N1CC2NCC2(Cc2ccccc2)C1. The van der Waals surface area contributed by atoms with Gasteiger partial charge in [-0.05, 0) is 12.0 Å². The zero-order valence-electron chi connectivity index (χ0n) is 9.60. The molecular weight excluding hydrogens is 216 g/mol. The van der Waals surface area contributed by atoms with Gasteiger partial charge in [0.2, 0.25) is 0 Å². The van der Waals surface area contributed by atoms with Gasteiger partial charge in [0.15, 0.2) is 0 Å². The van der Waals surface area contributed by atoms with E-state index in [1.165, 1.54) is 10.5 Å². The lowest BCUT2D eigenvalue weighted by molar-refractivity contribution is 0.126. The predicted molar refractivity (Wildman–Crippen MR) is 64.0 cm³/mol. The summed E-state index contributed by atoms with van der Waals surface area (Å²) in [6.45, 7) is 2.22. The molecule has 2 aliphatic heterocycles. The second-order valence-electron chi connectivity index (χ2n) is 5.12. The number of benzene rings is 1. The molecule has 0 radical (unpaired) electrons. The van der Waals surface area contributed by atoms with Crippen molar-refractivity contribution in [2.75, 3.05) is 19.6 Å². The van der Waals surface area contributed by atoms with Gasteiger partial charge in [-0.1, -0.05) is 30.3 Å². The van der Waals surface area contributed by atoms with Crippen molar-refractivity contribution in [1.82, 2.24) is 10.2 Å². The Morgan fingerprint density at radius 1 is 1.47 bits per heavy atom. The summed E-state index contributed by atoms with van der Waals surface area (Å²) in [5.74, 6) is 0. The lowest BCUT2D eigenvalue weighted by Crippen LogP contribution is -2.62. The Labute approximate surface area is 100 Å². The highest BCUT2D eigenvalue weighted by atomic mass is 16.4. The monoisotopic (exact) mass is 232 g/mol. The average molecular weight is 232 g/mol. The first-order chi connectivity index (χ1) is 8.20. The summed E-state index contributed by atoms with van der Waals surface area (Å²) in [5.41, 5.74) is 1.42. The summed E-state index contributed by atoms with van der Waals surface area (Å²) in [7, 11) is 0. The average Bonchev–Trinajstić information content (AvgIpc) is 2.55. The normalized spacial score (nSPS) is 30.8. The van der Waals surface area contributed by atoms with Crippen molar-refractivity contribution in [2.45, 2.75) is 12.5 Å². The van der Waals surface area contributed by atoms with Crippen LogP contribution in [0.3, 0.4) is 0 Å². The lowest BCUT2D eigenvalue weighted by atomic mass is 9.72. The summed E-state index contributed by atoms with van der Waals surface area (Å²) >= 11 is 0. The van der Waals surface area contributed by atoms with Crippen LogP contribution >= 0.6 is 0 Å². The van der Waals surface area contributed by atoms with Crippen LogP contribution in [0.1, 0.15) is 5.56 Å². The minimum Gasteiger partial charge on any atom is -0.465 e. The van der Waals surface area contributed by atoms with Crippen LogP contribution in [0.15, 0.2) is 30.3 Å². The Morgan fingerprint density at radius 3 is 2.82 bits per heavy atom. The zero-order valence-corrected chi connectivity index (χ0v) is 9.60. The molecular formula is C13H16N2O2. The van der Waals surface area contributed by atoms with Gasteiger partial charge in [-0.15, -0.1) is 0 Å². The molecule has 90 valence electrons. The molecule has 4 heteroatoms. The number of rotatable bonds is 2. The van der Waals surface area contributed by atoms with Crippen LogP contribution in [0, 0.1) is 5.41 Å². The molecule has 1 aromatic carbocycles. The maximum atomic E-state index is 11.0. The molecule has 2 unspecified atom stereocenters. The van der Waals surface area contributed by atoms with Crippen molar-refractivity contribution in [2.24, 2.45) is 5.41 Å². The Bertz CT molecular complexity index is 434. The molecule has 1 amide bonds. The summed E-state index contributed by atoms with van der Waals surface area (Å²) < 4.78 is 0. The van der Waals surface area contributed by atoms with E-state index in [1.807, 2.05) is 18.2 Å². The van der Waals surface area contributed by atoms with Gasteiger partial charge in [0.1, 0.15) is 0 Å². The highest BCUT2D eigenvalue weighted by Gasteiger charge is 2.53. The Morgan fingerprint density at radius 2 is 2.24 bits per heavy atom. The number of carbonyl (C=O) groups is 1. The van der Waals surface area contributed by atoms with Gasteiger partial charge in [0, 0.05) is 31.1 Å². The topological polar surface area (TPSA) is 52.6 Å². The third-order valence-corrected chi connectivity index (χ3v) is 4.02. The molecule has 2 saturated heterocycles. The molecule has 2 fully saturated rings. The van der Waals surface area contributed by atoms with E-state index in [4.69, 9.17) is 5.11 Å². The van der Waals surface area contributed by atoms with Gasteiger partial charge < -0.3 is 15.3 Å². The first kappa shape index (κ1) is 10.6. The lowest BCUT2D eigenvalue weighted by Gasteiger charge is -2.45. The minimum atomic E-state index is -0.798. The van der Waals surface area contributed by atoms with Gasteiger partial charge in [-0.2, -0.15) is 0 Å². The standard InChI is InChI=1S/C13H16N2O2/c16-12(17)15-7-11-13(9-15,8-14-11)6-10-4-2-1-3-5-10/h1-5,11,14H,6-9H2,(H,16,17). The molecule has 0 saturated carbocycles. The van der Waals surface area contributed by atoms with Crippen LogP contribution in [0.5, 0.6) is 0 Å². The van der Waals surface area contributed by atoms with Crippen molar-refractivity contribution in [3.63, 3.8) is 0 Å². The van der Waals surface area contributed by atoms with Crippen molar-refractivity contribution in [3.8, 4) is 0 Å². The molecule has 17 heavy (non-hydrogen) atoms. The van der Waals surface area contributed by atoms with E-state index in [0.717, 1.165) is 13.0 Å². The maximum Gasteiger partial charge on any atom is 0.407 e. The number of amides is 1. The van der Waals surface area contributed by atoms with Crippen LogP contribution in [-0.2, 0) is 6.42 Å². The smallest absolute Gasteiger partial charge is 0.407 e. The molecule has 0 aliphatic carbocycles. The Hall–Kier alpha value is -1.55. The Balaban J connectivity index is 1.77. The molecule has 3 rings (SSSR count). The number of carboxylic acid groups (broad SMARTS) is 1. The molecule has 1 aromatic rings. The van der Waals surface area contributed by atoms with E-state index in [1.54, 1.807) is 0 Å². The molecule has 4 nitrogen and oxygen atoms in total. The van der Waals surface area contributed by atoms with Crippen LogP contribution < -0.4 is 5.32 Å². The number of likely N-dealkylation sites (tertiary alicyclic amines) is 1. The molecule has 2 atom stereocenters. The number of hydrogen-bond acceptors (Lipinski definition) is 2. The van der Waals surface area contributed by atoms with Crippen molar-refractivity contribution in [3.05, 3.63) is 35.9 Å². The fourth-order valence-corrected chi connectivity index (χ4v) is 3.01. The van der Waals surface area contributed by atoms with Gasteiger partial charge in [0.25, 0.3) is 0 Å². The highest BCUT2D eigenvalue weighted by molar-refractivity contribution is 5.66. The number of fused-ring (bicyclic) bond motifs is 1. The van der Waals surface area contributed by atoms with E-state index >= 15 is 0 Å². The Kier molecular flexibility index (Phi) is 2.33. The van der Waals surface area contributed by atoms with E-state index in [9.17, 15) is 4.79 Å². The second kappa shape index (κ2) is 3.74. The van der Waals surface area contributed by atoms with Crippen LogP contribution in [0.2, 0.25) is 0 Å². The van der Waals surface area contributed by atoms with Crippen molar-refractivity contribution in [1.29, 1.82) is 0 Å². The number of nitrogens with one attached hydrogen (secondary N) is 1. The first-order valence-corrected chi connectivity index (χ1v) is 5.95. The van der Waals surface area contributed by atoms with Gasteiger partial charge >= 0.3 is 6.09 Å². The van der Waals surface area contributed by atoms with E-state index in [2.05, 4.69) is 17.4 Å². The molecule has 0 aromatic heterocycles. The fourth-order valence-electron chi connectivity index (χ4n) is 3.01. The van der Waals surface area contributed by atoms with E-state index in [-0.39, 0.29) is 5.41 Å². The highest BCUT2D eigenvalue weighted by Crippen LogP contribution is 2.39. The van der Waals surface area contributed by atoms with Gasteiger partial charge in [0.05, 0.1) is 0 Å². The van der Waals surface area contributed by atoms with Crippen LogP contribution in [-0.4, -0.2) is 41.8 Å². The second-order valence-corrected chi connectivity index (χ2v) is 5.12. The summed E-state index contributed by atoms with van der Waals surface area (Å²) in [6, 6.07) is 10.7. The van der Waals surface area contributed by atoms with Crippen molar-refractivity contribution >= 4 is 6.09 Å². The maximum absolute atomic E-state index is 11.0. The quantitative estimate of drug-likeness (QED) is 0.805. The number of nitrogens with zero attached hydrogens (tertiary/aromatic N) is 1. The molecule has 2 N–H and O–H groups in total. The van der Waals surface area contributed by atoms with Crippen LogP contribution in [0.25, 0.3) is 0 Å². The molecule has 0 bridgehead atoms. The first-order valence-electron chi connectivity index (χ1n) is 5.95. The predicted octanol–water partition coefficient (Wildman–Crippen LogP) is 1.18. The van der Waals surface area contributed by atoms with Gasteiger partial charge in [-0.3, -0.25) is 0 Å². The molecule has 2 heterocycles. The van der Waals surface area contributed by atoms with E-state index in [0.29, 0.717) is 19.1 Å². The summed E-state index contributed by atoms with van der Waals surface area (Å²) in [4.78, 5) is 12.5. The van der Waals surface area contributed by atoms with Crippen LogP contribution in [0.4, 0.5) is 4.79 Å². The largest absolute Gasteiger partial charge is 0.465 e. The molecule has 2 aliphatic rings. The third kappa shape index (κ3) is 1.69. The summed E-state index contributed by atoms with van der Waals surface area (Å²) in [5, 5.41) is 12.4. The third-order valence-electron chi connectivity index (χ3n) is 4.02. The van der Waals surface area contributed by atoms with Gasteiger partial charge in [-0.25, -0.2) is 4.79 Å². The fraction of sp³-hybridized carbons (Fsp3) is 0.462. The zero-order chi connectivity index (χ0) is 11.9. The number of hydrogen-bond donors (Lipinski definition) is 2. The van der Waals surface area contributed by atoms with E-state index < -0.39 is 6.09 Å². The molecule has 0 spiro atoms.